The van der Waals surface area contributed by atoms with Gasteiger partial charge in [0.2, 0.25) is 5.91 Å². The summed E-state index contributed by atoms with van der Waals surface area (Å²) in [7, 11) is 0. The number of thioether (sulfide) groups is 2. The van der Waals surface area contributed by atoms with Crippen LogP contribution in [0.15, 0.2) is 4.99 Å². The van der Waals surface area contributed by atoms with E-state index in [1.807, 2.05) is 0 Å². The Kier molecular flexibility index (Phi) is 7.39. The van der Waals surface area contributed by atoms with Gasteiger partial charge in [-0.05, 0) is 12.8 Å². The number of hydrogen-bond donors (Lipinski definition) is 1. The van der Waals surface area contributed by atoms with Gasteiger partial charge in [0.05, 0.1) is 12.3 Å². The monoisotopic (exact) mass is 294 g/mol. The second-order valence-corrected chi connectivity index (χ2v) is 6.49. The molecule has 0 radical (unpaired) electrons. The molecule has 1 heterocycles. The smallest absolute Gasteiger partial charge is 0.230 e. The quantitative estimate of drug-likeness (QED) is 0.870. The van der Waals surface area contributed by atoms with Crippen molar-refractivity contribution in [3.05, 3.63) is 0 Å². The number of aliphatic imine (C=N–C) groups is 1. The van der Waals surface area contributed by atoms with Gasteiger partial charge in [-0.15, -0.1) is 12.4 Å². The first-order valence-electron chi connectivity index (χ1n) is 5.94. The maximum absolute atomic E-state index is 11.7. The van der Waals surface area contributed by atoms with Crippen molar-refractivity contribution in [1.29, 1.82) is 0 Å². The highest BCUT2D eigenvalue weighted by atomic mass is 35.5. The predicted molar refractivity (Wildman–Crippen MR) is 79.5 cm³/mol. The van der Waals surface area contributed by atoms with Crippen LogP contribution in [0.1, 0.15) is 32.1 Å². The van der Waals surface area contributed by atoms with Gasteiger partial charge in [0.15, 0.2) is 0 Å². The first-order chi connectivity index (χ1) is 7.84. The van der Waals surface area contributed by atoms with Crippen LogP contribution in [0.3, 0.4) is 0 Å². The largest absolute Gasteiger partial charge is 0.353 e. The Morgan fingerprint density at radius 3 is 2.82 bits per heavy atom. The summed E-state index contributed by atoms with van der Waals surface area (Å²) in [6.07, 6.45) is 6.17. The van der Waals surface area contributed by atoms with Crippen LogP contribution in [0.25, 0.3) is 0 Å². The molecule has 1 aliphatic heterocycles. The maximum Gasteiger partial charge on any atom is 0.230 e. The number of halogens is 1. The average Bonchev–Trinajstić information content (AvgIpc) is 2.81. The van der Waals surface area contributed by atoms with Crippen molar-refractivity contribution in [3.8, 4) is 0 Å². The summed E-state index contributed by atoms with van der Waals surface area (Å²) in [6, 6.07) is 0.431. The average molecular weight is 295 g/mol. The van der Waals surface area contributed by atoms with Crippen molar-refractivity contribution in [2.75, 3.05) is 18.1 Å². The molecule has 1 amide bonds. The summed E-state index contributed by atoms with van der Waals surface area (Å²) in [5.74, 6) is 1.78. The fourth-order valence-electron chi connectivity index (χ4n) is 2.05. The van der Waals surface area contributed by atoms with Crippen LogP contribution in [0.4, 0.5) is 0 Å². The molecule has 1 N–H and O–H groups in total. The molecule has 0 bridgehead atoms. The van der Waals surface area contributed by atoms with Crippen LogP contribution < -0.4 is 5.32 Å². The third kappa shape index (κ3) is 5.53. The lowest BCUT2D eigenvalue weighted by Crippen LogP contribution is -2.37. The van der Waals surface area contributed by atoms with Crippen LogP contribution in [0, 0.1) is 0 Å². The summed E-state index contributed by atoms with van der Waals surface area (Å²) in [6.45, 7) is 0.914. The number of carbonyl (C=O) groups excluding carboxylic acids is 1. The Labute approximate surface area is 117 Å². The fourth-order valence-corrected chi connectivity index (χ4v) is 3.87. The molecule has 17 heavy (non-hydrogen) atoms. The summed E-state index contributed by atoms with van der Waals surface area (Å²) < 4.78 is 1.08. The number of hydrogen-bond acceptors (Lipinski definition) is 4. The Morgan fingerprint density at radius 1 is 1.41 bits per heavy atom. The standard InChI is InChI=1S/C11H18N2OS2.ClH/c14-10(8-16-11-12-6-7-15-11)13-9-4-2-1-3-5-9;/h9H,1-8H2,(H,13,14);1H. The first kappa shape index (κ1) is 15.2. The lowest BCUT2D eigenvalue weighted by atomic mass is 9.95. The third-order valence-electron chi connectivity index (χ3n) is 2.85. The zero-order chi connectivity index (χ0) is 11.2. The number of carbonyl (C=O) groups is 1. The number of nitrogens with zero attached hydrogens (tertiary/aromatic N) is 1. The van der Waals surface area contributed by atoms with E-state index in [2.05, 4.69) is 10.3 Å². The van der Waals surface area contributed by atoms with Gasteiger partial charge in [-0.1, -0.05) is 42.8 Å². The highest BCUT2D eigenvalue weighted by molar-refractivity contribution is 8.39. The number of nitrogens with one attached hydrogen (secondary N) is 1. The van der Waals surface area contributed by atoms with Gasteiger partial charge in [0, 0.05) is 11.8 Å². The van der Waals surface area contributed by atoms with E-state index in [0.717, 1.165) is 29.5 Å². The second kappa shape index (κ2) is 8.27. The van der Waals surface area contributed by atoms with Crippen LogP contribution in [0.2, 0.25) is 0 Å². The van der Waals surface area contributed by atoms with Crippen LogP contribution >= 0.6 is 35.9 Å². The predicted octanol–water partition coefficient (Wildman–Crippen LogP) is 2.69. The van der Waals surface area contributed by atoms with E-state index < -0.39 is 0 Å². The Hall–Kier alpha value is 0.130. The van der Waals surface area contributed by atoms with Crippen molar-refractivity contribution in [1.82, 2.24) is 5.32 Å². The van der Waals surface area contributed by atoms with Crippen molar-refractivity contribution in [2.45, 2.75) is 38.1 Å². The molecular formula is C11H19ClN2OS2. The minimum atomic E-state index is 0. The molecule has 0 spiro atoms. The zero-order valence-electron chi connectivity index (χ0n) is 9.81. The molecule has 0 aromatic carbocycles. The maximum atomic E-state index is 11.7. The van der Waals surface area contributed by atoms with E-state index in [1.165, 1.54) is 19.3 Å². The molecular weight excluding hydrogens is 276 g/mol. The molecule has 0 aromatic heterocycles. The van der Waals surface area contributed by atoms with Crippen LogP contribution in [-0.4, -0.2) is 34.4 Å². The highest BCUT2D eigenvalue weighted by Crippen LogP contribution is 2.22. The van der Waals surface area contributed by atoms with Crippen LogP contribution in [-0.2, 0) is 4.79 Å². The molecule has 98 valence electrons. The normalized spacial score (nSPS) is 20.6. The second-order valence-electron chi connectivity index (χ2n) is 4.19. The van der Waals surface area contributed by atoms with E-state index in [0.29, 0.717) is 11.8 Å². The fraction of sp³-hybridized carbons (Fsp3) is 0.818. The van der Waals surface area contributed by atoms with Crippen molar-refractivity contribution < 1.29 is 4.79 Å². The van der Waals surface area contributed by atoms with Gasteiger partial charge < -0.3 is 5.32 Å². The molecule has 0 saturated heterocycles. The molecule has 1 aliphatic carbocycles. The molecule has 2 rings (SSSR count). The minimum absolute atomic E-state index is 0. The molecule has 0 aromatic rings. The lowest BCUT2D eigenvalue weighted by molar-refractivity contribution is -0.119. The topological polar surface area (TPSA) is 41.5 Å². The van der Waals surface area contributed by atoms with Crippen LogP contribution in [0.5, 0.6) is 0 Å². The van der Waals surface area contributed by atoms with E-state index in [9.17, 15) is 4.79 Å². The molecule has 3 nitrogen and oxygen atoms in total. The Bertz CT molecular complexity index is 281. The van der Waals surface area contributed by atoms with E-state index >= 15 is 0 Å². The molecule has 2 aliphatic rings. The van der Waals surface area contributed by atoms with Crippen molar-refractivity contribution in [3.63, 3.8) is 0 Å². The van der Waals surface area contributed by atoms with Crippen molar-refractivity contribution in [2.24, 2.45) is 4.99 Å². The summed E-state index contributed by atoms with van der Waals surface area (Å²) >= 11 is 3.35. The summed E-state index contributed by atoms with van der Waals surface area (Å²) in [5, 5.41) is 3.12. The SMILES string of the molecule is Cl.O=C(CSC1=NCCS1)NC1CCCCC1. The summed E-state index contributed by atoms with van der Waals surface area (Å²) in [4.78, 5) is 16.0. The highest BCUT2D eigenvalue weighted by Gasteiger charge is 2.16. The number of rotatable bonds is 3. The van der Waals surface area contributed by atoms with Gasteiger partial charge in [-0.25, -0.2) is 0 Å². The third-order valence-corrected chi connectivity index (χ3v) is 5.11. The molecule has 0 atom stereocenters. The van der Waals surface area contributed by atoms with Gasteiger partial charge >= 0.3 is 0 Å². The van der Waals surface area contributed by atoms with Gasteiger partial charge in [-0.3, -0.25) is 9.79 Å². The summed E-state index contributed by atoms with van der Waals surface area (Å²) in [5.41, 5.74) is 0. The lowest BCUT2D eigenvalue weighted by Gasteiger charge is -2.22. The van der Waals surface area contributed by atoms with E-state index in [4.69, 9.17) is 0 Å². The minimum Gasteiger partial charge on any atom is -0.353 e. The molecule has 1 fully saturated rings. The zero-order valence-corrected chi connectivity index (χ0v) is 12.3. The molecule has 6 heteroatoms. The van der Waals surface area contributed by atoms with E-state index in [-0.39, 0.29) is 18.3 Å². The van der Waals surface area contributed by atoms with E-state index in [1.54, 1.807) is 23.5 Å². The Balaban J connectivity index is 0.00000144. The molecule has 0 unspecified atom stereocenters. The Morgan fingerprint density at radius 2 is 2.18 bits per heavy atom. The van der Waals surface area contributed by atoms with Gasteiger partial charge in [-0.2, -0.15) is 0 Å². The van der Waals surface area contributed by atoms with Crippen molar-refractivity contribution >= 4 is 46.2 Å². The number of amides is 1. The van der Waals surface area contributed by atoms with Gasteiger partial charge in [0.25, 0.3) is 0 Å². The van der Waals surface area contributed by atoms with Gasteiger partial charge in [0.1, 0.15) is 4.38 Å². The first-order valence-corrected chi connectivity index (χ1v) is 7.91. The molecule has 1 saturated carbocycles.